The first-order chi connectivity index (χ1) is 11.0. The number of rotatable bonds is 4. The lowest BCUT2D eigenvalue weighted by Gasteiger charge is -2.15. The fraction of sp³-hybridized carbons (Fsp3) is 0.188. The van der Waals surface area contributed by atoms with Crippen LogP contribution in [0.4, 0.5) is 14.5 Å². The molecule has 1 N–H and O–H groups in total. The van der Waals surface area contributed by atoms with Crippen molar-refractivity contribution in [3.8, 4) is 11.5 Å². The molecule has 0 fully saturated rings. The van der Waals surface area contributed by atoms with Gasteiger partial charge in [-0.2, -0.15) is 0 Å². The van der Waals surface area contributed by atoms with Gasteiger partial charge >= 0.3 is 5.97 Å². The number of anilines is 1. The third kappa shape index (κ3) is 2.54. The summed E-state index contributed by atoms with van der Waals surface area (Å²) in [6.07, 6.45) is -0.905. The standard InChI is InChI=1S/C16H13F2NO4/c1-21-12-6-4-9-13(14(12)22-2)16(20)23-15(9)19-11-5-3-8(17)7-10(11)18/h3-7,15,19H,1-2H3/t15-/m1/s1. The number of carbonyl (C=O) groups excluding carboxylic acids is 1. The minimum Gasteiger partial charge on any atom is -0.493 e. The number of hydrogen-bond acceptors (Lipinski definition) is 5. The zero-order chi connectivity index (χ0) is 16.6. The Balaban J connectivity index is 1.99. The predicted molar refractivity (Wildman–Crippen MR) is 77.7 cm³/mol. The molecule has 3 rings (SSSR count). The number of carbonyl (C=O) groups is 1. The molecule has 0 amide bonds. The van der Waals surface area contributed by atoms with E-state index in [2.05, 4.69) is 5.32 Å². The Bertz CT molecular complexity index is 779. The van der Waals surface area contributed by atoms with Crippen molar-refractivity contribution >= 4 is 11.7 Å². The van der Waals surface area contributed by atoms with Gasteiger partial charge in [0.05, 0.1) is 19.9 Å². The SMILES string of the molecule is COc1ccc2c(c1OC)C(=O)O[C@H]2Nc1ccc(F)cc1F. The van der Waals surface area contributed by atoms with Crippen LogP contribution in [0.2, 0.25) is 0 Å². The van der Waals surface area contributed by atoms with Crippen LogP contribution in [0.3, 0.4) is 0 Å². The second-order valence-corrected chi connectivity index (χ2v) is 4.82. The van der Waals surface area contributed by atoms with Crippen molar-refractivity contribution in [3.63, 3.8) is 0 Å². The Kier molecular flexibility index (Phi) is 3.77. The van der Waals surface area contributed by atoms with Crippen molar-refractivity contribution in [1.82, 2.24) is 0 Å². The molecule has 1 aliphatic rings. The number of ether oxygens (including phenoxy) is 3. The molecule has 5 nitrogen and oxygen atoms in total. The lowest BCUT2D eigenvalue weighted by Crippen LogP contribution is -2.11. The van der Waals surface area contributed by atoms with Gasteiger partial charge in [-0.05, 0) is 24.3 Å². The number of esters is 1. The Morgan fingerprint density at radius 1 is 1.13 bits per heavy atom. The maximum atomic E-state index is 13.8. The third-order valence-electron chi connectivity index (χ3n) is 3.51. The summed E-state index contributed by atoms with van der Waals surface area (Å²) in [6, 6.07) is 6.33. The highest BCUT2D eigenvalue weighted by atomic mass is 19.1. The first-order valence-electron chi connectivity index (χ1n) is 6.72. The van der Waals surface area contributed by atoms with Gasteiger partial charge < -0.3 is 19.5 Å². The summed E-state index contributed by atoms with van der Waals surface area (Å²) in [5, 5.41) is 2.73. The summed E-state index contributed by atoms with van der Waals surface area (Å²) in [7, 11) is 2.86. The number of fused-ring (bicyclic) bond motifs is 1. The molecule has 0 aliphatic carbocycles. The van der Waals surface area contributed by atoms with Crippen LogP contribution in [-0.4, -0.2) is 20.2 Å². The summed E-state index contributed by atoms with van der Waals surface area (Å²) in [4.78, 5) is 12.1. The van der Waals surface area contributed by atoms with E-state index >= 15 is 0 Å². The summed E-state index contributed by atoms with van der Waals surface area (Å²) < 4.78 is 42.3. The van der Waals surface area contributed by atoms with E-state index in [0.29, 0.717) is 11.3 Å². The number of methoxy groups -OCH3 is 2. The molecule has 0 unspecified atom stereocenters. The van der Waals surface area contributed by atoms with E-state index in [1.54, 1.807) is 12.1 Å². The molecule has 0 aromatic heterocycles. The Morgan fingerprint density at radius 3 is 2.57 bits per heavy atom. The van der Waals surface area contributed by atoms with Crippen molar-refractivity contribution < 1.29 is 27.8 Å². The third-order valence-corrected chi connectivity index (χ3v) is 3.51. The molecule has 120 valence electrons. The molecule has 2 aromatic rings. The van der Waals surface area contributed by atoms with E-state index in [-0.39, 0.29) is 17.0 Å². The summed E-state index contributed by atoms with van der Waals surface area (Å²) >= 11 is 0. The zero-order valence-corrected chi connectivity index (χ0v) is 12.4. The van der Waals surface area contributed by atoms with Crippen LogP contribution in [-0.2, 0) is 4.74 Å². The fourth-order valence-electron chi connectivity index (χ4n) is 2.46. The molecule has 0 saturated carbocycles. The maximum Gasteiger partial charge on any atom is 0.344 e. The minimum atomic E-state index is -0.905. The van der Waals surface area contributed by atoms with Crippen LogP contribution >= 0.6 is 0 Å². The van der Waals surface area contributed by atoms with Gasteiger partial charge in [-0.3, -0.25) is 0 Å². The first kappa shape index (κ1) is 15.1. The van der Waals surface area contributed by atoms with E-state index in [1.807, 2.05) is 0 Å². The highest BCUT2D eigenvalue weighted by Crippen LogP contribution is 2.42. The fourth-order valence-corrected chi connectivity index (χ4v) is 2.46. The second-order valence-electron chi connectivity index (χ2n) is 4.82. The lowest BCUT2D eigenvalue weighted by molar-refractivity contribution is 0.0434. The van der Waals surface area contributed by atoms with Gasteiger partial charge in [0.2, 0.25) is 6.23 Å². The minimum absolute atomic E-state index is 0.0202. The average Bonchev–Trinajstić information content (AvgIpc) is 2.85. The lowest BCUT2D eigenvalue weighted by atomic mass is 10.1. The van der Waals surface area contributed by atoms with Crippen LogP contribution in [0.25, 0.3) is 0 Å². The van der Waals surface area contributed by atoms with Crippen LogP contribution in [0.1, 0.15) is 22.1 Å². The molecule has 0 spiro atoms. The smallest absolute Gasteiger partial charge is 0.344 e. The summed E-state index contributed by atoms with van der Waals surface area (Å²) in [5.41, 5.74) is 0.718. The van der Waals surface area contributed by atoms with E-state index in [9.17, 15) is 13.6 Å². The molecule has 23 heavy (non-hydrogen) atoms. The van der Waals surface area contributed by atoms with Gasteiger partial charge in [0.25, 0.3) is 0 Å². The van der Waals surface area contributed by atoms with E-state index in [4.69, 9.17) is 14.2 Å². The molecule has 1 heterocycles. The predicted octanol–water partition coefficient (Wildman–Crippen LogP) is 3.26. The number of benzene rings is 2. The van der Waals surface area contributed by atoms with Crippen LogP contribution in [0.5, 0.6) is 11.5 Å². The zero-order valence-electron chi connectivity index (χ0n) is 12.4. The highest BCUT2D eigenvalue weighted by Gasteiger charge is 2.36. The summed E-state index contributed by atoms with van der Waals surface area (Å²) in [6.45, 7) is 0. The second kappa shape index (κ2) is 5.75. The van der Waals surface area contributed by atoms with Crippen molar-refractivity contribution in [2.75, 3.05) is 19.5 Å². The van der Waals surface area contributed by atoms with Crippen LogP contribution in [0.15, 0.2) is 30.3 Å². The molecule has 0 radical (unpaired) electrons. The quantitative estimate of drug-likeness (QED) is 0.876. The maximum absolute atomic E-state index is 13.8. The molecule has 0 saturated heterocycles. The van der Waals surface area contributed by atoms with Gasteiger partial charge in [-0.15, -0.1) is 0 Å². The summed E-state index contributed by atoms with van der Waals surface area (Å²) in [5.74, 6) is -1.45. The van der Waals surface area contributed by atoms with Crippen LogP contribution in [0, 0.1) is 11.6 Å². The van der Waals surface area contributed by atoms with Crippen molar-refractivity contribution in [1.29, 1.82) is 0 Å². The topological polar surface area (TPSA) is 56.8 Å². The number of hydrogen-bond donors (Lipinski definition) is 1. The van der Waals surface area contributed by atoms with Crippen molar-refractivity contribution in [2.45, 2.75) is 6.23 Å². The van der Waals surface area contributed by atoms with Gasteiger partial charge in [0.1, 0.15) is 17.2 Å². The molecule has 0 bridgehead atoms. The van der Waals surface area contributed by atoms with E-state index in [1.165, 1.54) is 20.3 Å². The van der Waals surface area contributed by atoms with Gasteiger partial charge in [0, 0.05) is 11.6 Å². The molecule has 1 atom stereocenters. The van der Waals surface area contributed by atoms with Gasteiger partial charge in [-0.1, -0.05) is 0 Å². The average molecular weight is 321 g/mol. The first-order valence-corrected chi connectivity index (χ1v) is 6.72. The highest BCUT2D eigenvalue weighted by molar-refractivity contribution is 5.98. The van der Waals surface area contributed by atoms with Crippen molar-refractivity contribution in [3.05, 3.63) is 53.1 Å². The number of halogens is 2. The Hall–Kier alpha value is -2.83. The monoisotopic (exact) mass is 321 g/mol. The van der Waals surface area contributed by atoms with E-state index < -0.39 is 23.8 Å². The van der Waals surface area contributed by atoms with Crippen molar-refractivity contribution in [2.24, 2.45) is 0 Å². The molecular formula is C16H13F2NO4. The van der Waals surface area contributed by atoms with Gasteiger partial charge in [-0.25, -0.2) is 13.6 Å². The van der Waals surface area contributed by atoms with E-state index in [0.717, 1.165) is 12.1 Å². The number of nitrogens with one attached hydrogen (secondary N) is 1. The molecule has 2 aromatic carbocycles. The largest absolute Gasteiger partial charge is 0.493 e. The molecule has 7 heteroatoms. The Labute approximate surface area is 130 Å². The van der Waals surface area contributed by atoms with Crippen LogP contribution < -0.4 is 14.8 Å². The number of cyclic esters (lactones) is 1. The molecule has 1 aliphatic heterocycles. The molecular weight excluding hydrogens is 308 g/mol. The normalized spacial score (nSPS) is 15.8. The Morgan fingerprint density at radius 2 is 1.91 bits per heavy atom. The van der Waals surface area contributed by atoms with Gasteiger partial charge in [0.15, 0.2) is 11.5 Å².